The number of hydrogen-bond donors (Lipinski definition) is 0. The van der Waals surface area contributed by atoms with Crippen molar-refractivity contribution in [3.05, 3.63) is 65.2 Å². The van der Waals surface area contributed by atoms with Crippen LogP contribution in [0.3, 0.4) is 0 Å². The number of hydrogen-bond acceptors (Lipinski definition) is 1. The number of carbonyl (C=O) groups is 1. The fourth-order valence-corrected chi connectivity index (χ4v) is 2.02. The van der Waals surface area contributed by atoms with Crippen LogP contribution in [0.2, 0.25) is 0 Å². The van der Waals surface area contributed by atoms with Crippen molar-refractivity contribution in [1.29, 1.82) is 0 Å². The first-order valence-electron chi connectivity index (χ1n) is 6.01. The van der Waals surface area contributed by atoms with Crippen LogP contribution >= 0.6 is 0 Å². The van der Waals surface area contributed by atoms with Crippen LogP contribution in [0.1, 0.15) is 29.8 Å². The lowest BCUT2D eigenvalue weighted by molar-refractivity contribution is 0.112. The Kier molecular flexibility index (Phi) is 3.73. The van der Waals surface area contributed by atoms with E-state index in [1.165, 1.54) is 5.57 Å². The fraction of sp³-hybridized carbons (Fsp3) is 0.118. The first-order chi connectivity index (χ1) is 8.72. The Bertz CT molecular complexity index is 590. The summed E-state index contributed by atoms with van der Waals surface area (Å²) in [6.07, 6.45) is 3.05. The number of aldehydes is 1. The number of carbonyl (C=O) groups excluding carboxylic acids is 1. The smallest absolute Gasteiger partial charge is 0.150 e. The molecule has 2 aromatic carbocycles. The highest BCUT2D eigenvalue weighted by molar-refractivity contribution is 5.90. The molecule has 0 amide bonds. The maximum absolute atomic E-state index is 11.1. The van der Waals surface area contributed by atoms with Crippen LogP contribution in [-0.4, -0.2) is 6.29 Å². The van der Waals surface area contributed by atoms with Gasteiger partial charge in [-0.1, -0.05) is 60.2 Å². The fourth-order valence-electron chi connectivity index (χ4n) is 2.02. The van der Waals surface area contributed by atoms with Crippen LogP contribution in [-0.2, 0) is 0 Å². The summed E-state index contributed by atoms with van der Waals surface area (Å²) in [6.45, 7) is 4.14. The van der Waals surface area contributed by atoms with E-state index in [0.717, 1.165) is 28.5 Å². The Morgan fingerprint density at radius 3 is 1.89 bits per heavy atom. The first-order valence-corrected chi connectivity index (χ1v) is 6.01. The van der Waals surface area contributed by atoms with E-state index < -0.39 is 0 Å². The molecule has 1 heteroatoms. The second-order valence-corrected chi connectivity index (χ2v) is 4.51. The van der Waals surface area contributed by atoms with Gasteiger partial charge >= 0.3 is 0 Å². The van der Waals surface area contributed by atoms with Gasteiger partial charge in [-0.15, -0.1) is 0 Å². The van der Waals surface area contributed by atoms with E-state index in [0.29, 0.717) is 0 Å². The maximum atomic E-state index is 11.1. The molecular formula is C17H16O. The van der Waals surface area contributed by atoms with Crippen molar-refractivity contribution in [2.24, 2.45) is 0 Å². The van der Waals surface area contributed by atoms with Gasteiger partial charge in [0.1, 0.15) is 0 Å². The normalized spacial score (nSPS) is 9.89. The van der Waals surface area contributed by atoms with Gasteiger partial charge in [-0.05, 0) is 30.5 Å². The first kappa shape index (κ1) is 12.3. The van der Waals surface area contributed by atoms with Gasteiger partial charge in [0.05, 0.1) is 0 Å². The molecule has 18 heavy (non-hydrogen) atoms. The monoisotopic (exact) mass is 236 g/mol. The molecule has 0 heterocycles. The minimum absolute atomic E-state index is 0.729. The number of rotatable bonds is 3. The van der Waals surface area contributed by atoms with Crippen LogP contribution in [0.25, 0.3) is 17.2 Å². The molecule has 0 spiro atoms. The number of allylic oxidation sites excluding steroid dienone is 1. The molecule has 2 rings (SSSR count). The molecule has 0 saturated heterocycles. The minimum atomic E-state index is 0.729. The highest BCUT2D eigenvalue weighted by atomic mass is 16.1. The predicted octanol–water partition coefficient (Wildman–Crippen LogP) is 4.59. The lowest BCUT2D eigenvalue weighted by atomic mass is 9.95. The van der Waals surface area contributed by atoms with Crippen molar-refractivity contribution >= 4 is 12.4 Å². The Morgan fingerprint density at radius 2 is 1.33 bits per heavy atom. The van der Waals surface area contributed by atoms with Gasteiger partial charge in [0.2, 0.25) is 0 Å². The summed E-state index contributed by atoms with van der Waals surface area (Å²) in [5.74, 6) is 0. The molecule has 0 aliphatic rings. The summed E-state index contributed by atoms with van der Waals surface area (Å²) in [7, 11) is 0. The summed E-state index contributed by atoms with van der Waals surface area (Å²) in [4.78, 5) is 11.1. The quantitative estimate of drug-likeness (QED) is 0.712. The van der Waals surface area contributed by atoms with E-state index in [1.54, 1.807) is 0 Å². The van der Waals surface area contributed by atoms with E-state index in [4.69, 9.17) is 0 Å². The van der Waals surface area contributed by atoms with Crippen molar-refractivity contribution < 1.29 is 4.79 Å². The third-order valence-electron chi connectivity index (χ3n) is 2.78. The standard InChI is InChI=1S/C17H16O/c1-13(2)11-14-7-3-5-9-16(14)17-10-6-4-8-15(17)12-18/h3-12H,1-2H3. The van der Waals surface area contributed by atoms with Gasteiger partial charge < -0.3 is 0 Å². The van der Waals surface area contributed by atoms with Gasteiger partial charge in [0.25, 0.3) is 0 Å². The van der Waals surface area contributed by atoms with E-state index >= 15 is 0 Å². The minimum Gasteiger partial charge on any atom is -0.298 e. The van der Waals surface area contributed by atoms with E-state index in [9.17, 15) is 4.79 Å². The Morgan fingerprint density at radius 1 is 0.833 bits per heavy atom. The van der Waals surface area contributed by atoms with E-state index in [1.807, 2.05) is 36.4 Å². The molecule has 0 aliphatic carbocycles. The zero-order valence-electron chi connectivity index (χ0n) is 10.7. The summed E-state index contributed by atoms with van der Waals surface area (Å²) in [6, 6.07) is 15.8. The lowest BCUT2D eigenvalue weighted by Gasteiger charge is -2.09. The molecular weight excluding hydrogens is 220 g/mol. The summed E-state index contributed by atoms with van der Waals surface area (Å²) >= 11 is 0. The Balaban J connectivity index is 2.64. The molecule has 2 aromatic rings. The zero-order valence-corrected chi connectivity index (χ0v) is 10.7. The maximum Gasteiger partial charge on any atom is 0.150 e. The van der Waals surface area contributed by atoms with Crippen LogP contribution in [0.4, 0.5) is 0 Å². The molecule has 0 bridgehead atoms. The second kappa shape index (κ2) is 5.46. The molecule has 0 N–H and O–H groups in total. The predicted molar refractivity (Wildman–Crippen MR) is 76.6 cm³/mol. The average molecular weight is 236 g/mol. The Hall–Kier alpha value is -2.15. The molecule has 0 saturated carbocycles. The molecule has 0 atom stereocenters. The van der Waals surface area contributed by atoms with Crippen molar-refractivity contribution in [1.82, 2.24) is 0 Å². The van der Waals surface area contributed by atoms with E-state index in [2.05, 4.69) is 32.1 Å². The van der Waals surface area contributed by atoms with E-state index in [-0.39, 0.29) is 0 Å². The highest BCUT2D eigenvalue weighted by Gasteiger charge is 2.06. The third kappa shape index (κ3) is 2.57. The molecule has 1 nitrogen and oxygen atoms in total. The van der Waals surface area contributed by atoms with Crippen molar-refractivity contribution in [3.63, 3.8) is 0 Å². The zero-order chi connectivity index (χ0) is 13.0. The molecule has 0 aromatic heterocycles. The summed E-state index contributed by atoms with van der Waals surface area (Å²) in [5, 5.41) is 0. The third-order valence-corrected chi connectivity index (χ3v) is 2.78. The lowest BCUT2D eigenvalue weighted by Crippen LogP contribution is -1.89. The Labute approximate surface area is 108 Å². The largest absolute Gasteiger partial charge is 0.298 e. The summed E-state index contributed by atoms with van der Waals surface area (Å²) in [5.41, 5.74) is 5.20. The molecule has 0 radical (unpaired) electrons. The van der Waals surface area contributed by atoms with Gasteiger partial charge in [0.15, 0.2) is 6.29 Å². The average Bonchev–Trinajstić information content (AvgIpc) is 2.39. The molecule has 0 unspecified atom stereocenters. The highest BCUT2D eigenvalue weighted by Crippen LogP contribution is 2.27. The van der Waals surface area contributed by atoms with Gasteiger partial charge in [-0.2, -0.15) is 0 Å². The molecule has 90 valence electrons. The molecule has 0 fully saturated rings. The second-order valence-electron chi connectivity index (χ2n) is 4.51. The van der Waals surface area contributed by atoms with Crippen molar-refractivity contribution in [2.75, 3.05) is 0 Å². The van der Waals surface area contributed by atoms with Crippen LogP contribution in [0.5, 0.6) is 0 Å². The summed E-state index contributed by atoms with van der Waals surface area (Å²) < 4.78 is 0. The molecule has 0 aliphatic heterocycles. The van der Waals surface area contributed by atoms with Crippen LogP contribution in [0.15, 0.2) is 54.1 Å². The van der Waals surface area contributed by atoms with Crippen molar-refractivity contribution in [2.45, 2.75) is 13.8 Å². The van der Waals surface area contributed by atoms with Crippen LogP contribution in [0, 0.1) is 0 Å². The van der Waals surface area contributed by atoms with Gasteiger partial charge in [0, 0.05) is 5.56 Å². The topological polar surface area (TPSA) is 17.1 Å². The van der Waals surface area contributed by atoms with Gasteiger partial charge in [-0.3, -0.25) is 4.79 Å². The van der Waals surface area contributed by atoms with Crippen molar-refractivity contribution in [3.8, 4) is 11.1 Å². The van der Waals surface area contributed by atoms with Crippen LogP contribution < -0.4 is 0 Å². The number of benzene rings is 2. The SMILES string of the molecule is CC(C)=Cc1ccccc1-c1ccccc1C=O. The van der Waals surface area contributed by atoms with Gasteiger partial charge in [-0.25, -0.2) is 0 Å².